The second kappa shape index (κ2) is 7.56. The van der Waals surface area contributed by atoms with E-state index in [1.165, 1.54) is 12.1 Å². The van der Waals surface area contributed by atoms with Gasteiger partial charge in [-0.2, -0.15) is 5.26 Å². The normalized spacial score (nSPS) is 16.3. The van der Waals surface area contributed by atoms with Crippen LogP contribution in [-0.4, -0.2) is 41.9 Å². The molecule has 2 rings (SSSR count). The van der Waals surface area contributed by atoms with E-state index in [9.17, 15) is 9.18 Å². The fourth-order valence-corrected chi connectivity index (χ4v) is 2.89. The fourth-order valence-electron chi connectivity index (χ4n) is 2.89. The Morgan fingerprint density at radius 3 is 2.65 bits per heavy atom. The fraction of sp³-hybridized carbons (Fsp3) is 0.556. The Bertz CT molecular complexity index is 601. The number of carbonyl (C=O) groups excluding carboxylic acids is 1. The Morgan fingerprint density at radius 2 is 2.09 bits per heavy atom. The van der Waals surface area contributed by atoms with Crippen LogP contribution < -0.4 is 0 Å². The van der Waals surface area contributed by atoms with Gasteiger partial charge in [0, 0.05) is 31.1 Å². The van der Waals surface area contributed by atoms with E-state index in [1.54, 1.807) is 11.0 Å². The van der Waals surface area contributed by atoms with Gasteiger partial charge < -0.3 is 4.90 Å². The molecule has 0 atom stereocenters. The predicted molar refractivity (Wildman–Crippen MR) is 87.0 cm³/mol. The largest absolute Gasteiger partial charge is 0.343 e. The maximum Gasteiger partial charge on any atom is 0.225 e. The van der Waals surface area contributed by atoms with Gasteiger partial charge in [0.1, 0.15) is 5.82 Å². The van der Waals surface area contributed by atoms with Gasteiger partial charge in [-0.3, -0.25) is 9.69 Å². The Morgan fingerprint density at radius 1 is 1.43 bits per heavy atom. The molecule has 0 saturated carbocycles. The SMILES string of the molecule is CC(C)N(C)C(=O)C1CCN(Cc2cc(C#N)ccc2F)CC1. The Kier molecular flexibility index (Phi) is 5.73. The molecule has 0 N–H and O–H groups in total. The third-order valence-electron chi connectivity index (χ3n) is 4.63. The first-order valence-electron chi connectivity index (χ1n) is 8.10. The molecule has 1 aliphatic heterocycles. The first kappa shape index (κ1) is 17.4. The van der Waals surface area contributed by atoms with Gasteiger partial charge in [-0.15, -0.1) is 0 Å². The van der Waals surface area contributed by atoms with Crippen LogP contribution in [0.1, 0.15) is 37.8 Å². The second-order valence-corrected chi connectivity index (χ2v) is 6.51. The smallest absolute Gasteiger partial charge is 0.225 e. The number of rotatable bonds is 4. The van der Waals surface area contributed by atoms with Crippen molar-refractivity contribution < 1.29 is 9.18 Å². The second-order valence-electron chi connectivity index (χ2n) is 6.51. The van der Waals surface area contributed by atoms with Crippen LogP contribution in [0.25, 0.3) is 0 Å². The van der Waals surface area contributed by atoms with Gasteiger partial charge in [-0.05, 0) is 58.0 Å². The number of hydrogen-bond donors (Lipinski definition) is 0. The van der Waals surface area contributed by atoms with Crippen molar-refractivity contribution in [1.82, 2.24) is 9.80 Å². The van der Waals surface area contributed by atoms with Gasteiger partial charge in [-0.25, -0.2) is 4.39 Å². The number of amides is 1. The number of nitriles is 1. The van der Waals surface area contributed by atoms with Crippen molar-refractivity contribution in [2.24, 2.45) is 5.92 Å². The summed E-state index contributed by atoms with van der Waals surface area (Å²) in [5.74, 6) is -0.00649. The zero-order chi connectivity index (χ0) is 17.0. The highest BCUT2D eigenvalue weighted by Gasteiger charge is 2.28. The molecular weight excluding hydrogens is 293 g/mol. The first-order chi connectivity index (χ1) is 10.9. The summed E-state index contributed by atoms with van der Waals surface area (Å²) in [6.07, 6.45) is 1.60. The summed E-state index contributed by atoms with van der Waals surface area (Å²) >= 11 is 0. The van der Waals surface area contributed by atoms with Crippen LogP contribution in [0.5, 0.6) is 0 Å². The maximum atomic E-state index is 13.9. The zero-order valence-electron chi connectivity index (χ0n) is 14.1. The highest BCUT2D eigenvalue weighted by Crippen LogP contribution is 2.22. The number of benzene rings is 1. The molecule has 0 aromatic heterocycles. The van der Waals surface area contributed by atoms with Crippen LogP contribution in [0, 0.1) is 23.1 Å². The average molecular weight is 317 g/mol. The van der Waals surface area contributed by atoms with E-state index in [1.807, 2.05) is 27.0 Å². The molecule has 1 amide bonds. The minimum Gasteiger partial charge on any atom is -0.343 e. The number of piperidine rings is 1. The highest BCUT2D eigenvalue weighted by atomic mass is 19.1. The van der Waals surface area contributed by atoms with E-state index in [-0.39, 0.29) is 23.7 Å². The number of likely N-dealkylation sites (tertiary alicyclic amines) is 1. The topological polar surface area (TPSA) is 47.3 Å². The molecule has 1 aliphatic rings. The van der Waals surface area contributed by atoms with Crippen molar-refractivity contribution >= 4 is 5.91 Å². The van der Waals surface area contributed by atoms with E-state index < -0.39 is 0 Å². The number of nitrogens with zero attached hydrogens (tertiary/aromatic N) is 3. The molecule has 4 nitrogen and oxygen atoms in total. The van der Waals surface area contributed by atoms with Crippen LogP contribution in [0.15, 0.2) is 18.2 Å². The lowest BCUT2D eigenvalue weighted by Crippen LogP contribution is -2.43. The van der Waals surface area contributed by atoms with Gasteiger partial charge in [0.15, 0.2) is 0 Å². The summed E-state index contributed by atoms with van der Waals surface area (Å²) in [4.78, 5) is 16.3. The van der Waals surface area contributed by atoms with Gasteiger partial charge in [-0.1, -0.05) is 0 Å². The van der Waals surface area contributed by atoms with Crippen molar-refractivity contribution in [1.29, 1.82) is 5.26 Å². The van der Waals surface area contributed by atoms with Crippen LogP contribution in [0.4, 0.5) is 4.39 Å². The number of halogens is 1. The summed E-state index contributed by atoms with van der Waals surface area (Å²) in [6, 6.07) is 6.70. The maximum absolute atomic E-state index is 13.9. The number of carbonyl (C=O) groups is 1. The molecule has 23 heavy (non-hydrogen) atoms. The molecule has 0 unspecified atom stereocenters. The van der Waals surface area contributed by atoms with Crippen LogP contribution in [0.2, 0.25) is 0 Å². The van der Waals surface area contributed by atoms with Crippen molar-refractivity contribution in [3.8, 4) is 6.07 Å². The predicted octanol–water partition coefficient (Wildman–Crippen LogP) is 2.78. The minimum absolute atomic E-state index is 0.0638. The summed E-state index contributed by atoms with van der Waals surface area (Å²) in [6.45, 7) is 6.06. The summed E-state index contributed by atoms with van der Waals surface area (Å²) in [5.41, 5.74) is 1.03. The van der Waals surface area contributed by atoms with E-state index in [4.69, 9.17) is 5.26 Å². The van der Waals surface area contributed by atoms with Crippen LogP contribution in [-0.2, 0) is 11.3 Å². The van der Waals surface area contributed by atoms with Gasteiger partial charge >= 0.3 is 0 Å². The molecule has 5 heteroatoms. The molecule has 0 radical (unpaired) electrons. The van der Waals surface area contributed by atoms with Gasteiger partial charge in [0.05, 0.1) is 11.6 Å². The van der Waals surface area contributed by atoms with E-state index >= 15 is 0 Å². The van der Waals surface area contributed by atoms with Gasteiger partial charge in [0.2, 0.25) is 5.91 Å². The Labute approximate surface area is 137 Å². The lowest BCUT2D eigenvalue weighted by atomic mass is 9.94. The molecule has 1 aromatic carbocycles. The molecule has 0 spiro atoms. The minimum atomic E-state index is -0.276. The summed E-state index contributed by atoms with van der Waals surface area (Å²) < 4.78 is 13.9. The molecule has 0 bridgehead atoms. The number of hydrogen-bond acceptors (Lipinski definition) is 3. The first-order valence-corrected chi connectivity index (χ1v) is 8.10. The molecule has 1 fully saturated rings. The average Bonchev–Trinajstić information content (AvgIpc) is 2.56. The molecular formula is C18H24FN3O. The van der Waals surface area contributed by atoms with E-state index in [0.29, 0.717) is 17.7 Å². The van der Waals surface area contributed by atoms with E-state index in [0.717, 1.165) is 25.9 Å². The summed E-state index contributed by atoms with van der Waals surface area (Å²) in [7, 11) is 1.85. The highest BCUT2D eigenvalue weighted by molar-refractivity contribution is 5.78. The zero-order valence-corrected chi connectivity index (χ0v) is 14.1. The Balaban J connectivity index is 1.93. The lowest BCUT2D eigenvalue weighted by Gasteiger charge is -2.34. The quantitative estimate of drug-likeness (QED) is 0.858. The third-order valence-corrected chi connectivity index (χ3v) is 4.63. The third kappa shape index (κ3) is 4.29. The molecule has 0 aliphatic carbocycles. The molecule has 1 saturated heterocycles. The van der Waals surface area contributed by atoms with Gasteiger partial charge in [0.25, 0.3) is 0 Å². The van der Waals surface area contributed by atoms with Crippen LogP contribution >= 0.6 is 0 Å². The monoisotopic (exact) mass is 317 g/mol. The lowest BCUT2D eigenvalue weighted by molar-refractivity contribution is -0.137. The molecule has 124 valence electrons. The van der Waals surface area contributed by atoms with Crippen molar-refractivity contribution in [3.63, 3.8) is 0 Å². The Hall–Kier alpha value is -1.93. The standard InChI is InChI=1S/C18H24FN3O/c1-13(2)21(3)18(23)15-6-8-22(9-7-15)12-16-10-14(11-20)4-5-17(16)19/h4-5,10,13,15H,6-9,12H2,1-3H3. The van der Waals surface area contributed by atoms with Crippen molar-refractivity contribution in [2.45, 2.75) is 39.3 Å². The van der Waals surface area contributed by atoms with Crippen molar-refractivity contribution in [2.75, 3.05) is 20.1 Å². The molecule has 1 aromatic rings. The molecule has 1 heterocycles. The van der Waals surface area contributed by atoms with E-state index in [2.05, 4.69) is 4.90 Å². The summed E-state index contributed by atoms with van der Waals surface area (Å²) in [5, 5.41) is 8.92. The van der Waals surface area contributed by atoms with Crippen molar-refractivity contribution in [3.05, 3.63) is 35.1 Å². The van der Waals surface area contributed by atoms with Crippen LogP contribution in [0.3, 0.4) is 0 Å².